The molecule has 0 aliphatic carbocycles. The van der Waals surface area contributed by atoms with Gasteiger partial charge < -0.3 is 10.5 Å². The van der Waals surface area contributed by atoms with Crippen molar-refractivity contribution in [2.75, 3.05) is 12.3 Å². The second kappa shape index (κ2) is 4.82. The zero-order valence-corrected chi connectivity index (χ0v) is 8.34. The van der Waals surface area contributed by atoms with Crippen LogP contribution in [0.25, 0.3) is 0 Å². The van der Waals surface area contributed by atoms with Crippen LogP contribution >= 0.6 is 0 Å². The number of aromatic nitrogens is 1. The molecule has 1 aromatic heterocycles. The van der Waals surface area contributed by atoms with Gasteiger partial charge >= 0.3 is 5.97 Å². The first-order chi connectivity index (χ1) is 7.47. The van der Waals surface area contributed by atoms with Crippen molar-refractivity contribution in [2.45, 2.75) is 13.3 Å². The zero-order valence-electron chi connectivity index (χ0n) is 8.34. The molecular weight excluding hydrogens is 225 g/mol. The van der Waals surface area contributed by atoms with E-state index < -0.39 is 29.7 Å². The number of esters is 1. The van der Waals surface area contributed by atoms with Crippen LogP contribution in [0, 0.1) is 5.82 Å². The van der Waals surface area contributed by atoms with Gasteiger partial charge in [0.05, 0.1) is 6.61 Å². The molecule has 0 saturated carbocycles. The third-order valence-corrected chi connectivity index (χ3v) is 1.73. The average Bonchev–Trinajstić information content (AvgIpc) is 2.20. The first-order valence-electron chi connectivity index (χ1n) is 4.38. The predicted molar refractivity (Wildman–Crippen MR) is 49.5 cm³/mol. The van der Waals surface area contributed by atoms with Crippen LogP contribution in [0.2, 0.25) is 0 Å². The summed E-state index contributed by atoms with van der Waals surface area (Å²) >= 11 is 0. The smallest absolute Gasteiger partial charge is 0.341 e. The molecule has 0 aromatic carbocycles. The number of carbonyl (C=O) groups excluding carboxylic acids is 1. The summed E-state index contributed by atoms with van der Waals surface area (Å²) in [6, 6.07) is 0.599. The molecular formula is C9H9F3N2O2. The molecule has 0 radical (unpaired) electrons. The molecule has 16 heavy (non-hydrogen) atoms. The lowest BCUT2D eigenvalue weighted by molar-refractivity contribution is 0.0526. The normalized spacial score (nSPS) is 10.6. The van der Waals surface area contributed by atoms with E-state index in [1.165, 1.54) is 0 Å². The number of carbonyl (C=O) groups is 1. The molecule has 0 unspecified atom stereocenters. The summed E-state index contributed by atoms with van der Waals surface area (Å²) in [6.07, 6.45) is -3.08. The first-order valence-corrected chi connectivity index (χ1v) is 4.38. The fourth-order valence-electron chi connectivity index (χ4n) is 1.04. The molecule has 0 bridgehead atoms. The molecule has 1 aromatic rings. The Hall–Kier alpha value is -1.79. The lowest BCUT2D eigenvalue weighted by Crippen LogP contribution is -2.12. The number of nitrogens with zero attached hydrogens (tertiary/aromatic N) is 1. The van der Waals surface area contributed by atoms with Crippen molar-refractivity contribution >= 4 is 11.8 Å². The number of anilines is 1. The van der Waals surface area contributed by atoms with Crippen LogP contribution in [0.1, 0.15) is 29.4 Å². The highest BCUT2D eigenvalue weighted by molar-refractivity contribution is 5.94. The molecule has 0 aliphatic heterocycles. The van der Waals surface area contributed by atoms with Crippen molar-refractivity contribution < 1.29 is 22.7 Å². The zero-order chi connectivity index (χ0) is 12.3. The van der Waals surface area contributed by atoms with E-state index in [1.54, 1.807) is 6.92 Å². The summed E-state index contributed by atoms with van der Waals surface area (Å²) in [5, 5.41) is 0. The molecule has 0 amide bonds. The number of pyridine rings is 1. The summed E-state index contributed by atoms with van der Waals surface area (Å²) < 4.78 is 42.1. The Balaban J connectivity index is 3.15. The molecule has 88 valence electrons. The van der Waals surface area contributed by atoms with Gasteiger partial charge in [0.2, 0.25) is 0 Å². The fourth-order valence-corrected chi connectivity index (χ4v) is 1.04. The topological polar surface area (TPSA) is 65.2 Å². The van der Waals surface area contributed by atoms with Gasteiger partial charge in [-0.25, -0.2) is 22.9 Å². The number of nitrogens with two attached hydrogens (primary N) is 1. The maximum Gasteiger partial charge on any atom is 0.341 e. The van der Waals surface area contributed by atoms with E-state index in [0.29, 0.717) is 6.07 Å². The lowest BCUT2D eigenvalue weighted by atomic mass is 10.2. The second-order valence-corrected chi connectivity index (χ2v) is 2.81. The van der Waals surface area contributed by atoms with E-state index in [1.807, 2.05) is 0 Å². The number of hydrogen-bond donors (Lipinski definition) is 1. The van der Waals surface area contributed by atoms with Gasteiger partial charge in [-0.15, -0.1) is 0 Å². The van der Waals surface area contributed by atoms with Crippen molar-refractivity contribution in [3.05, 3.63) is 23.1 Å². The van der Waals surface area contributed by atoms with Gasteiger partial charge in [0.1, 0.15) is 17.1 Å². The Bertz CT molecular complexity index is 410. The SMILES string of the molecule is CCOC(=O)c1cc(F)c(C(F)F)nc1N. The Morgan fingerprint density at radius 1 is 1.62 bits per heavy atom. The van der Waals surface area contributed by atoms with Crippen LogP contribution in [0.4, 0.5) is 19.0 Å². The van der Waals surface area contributed by atoms with Gasteiger partial charge in [-0.1, -0.05) is 0 Å². The third-order valence-electron chi connectivity index (χ3n) is 1.73. The first kappa shape index (κ1) is 12.3. The predicted octanol–water partition coefficient (Wildman–Crippen LogP) is 1.92. The molecule has 0 aliphatic rings. The van der Waals surface area contributed by atoms with Gasteiger partial charge in [-0.05, 0) is 13.0 Å². The van der Waals surface area contributed by atoms with E-state index in [0.717, 1.165) is 0 Å². The van der Waals surface area contributed by atoms with Gasteiger partial charge in [0, 0.05) is 0 Å². The quantitative estimate of drug-likeness (QED) is 0.811. The Morgan fingerprint density at radius 3 is 2.75 bits per heavy atom. The van der Waals surface area contributed by atoms with Crippen LogP contribution in [0.3, 0.4) is 0 Å². The molecule has 7 heteroatoms. The van der Waals surface area contributed by atoms with Gasteiger partial charge in [-0.2, -0.15) is 0 Å². The highest BCUT2D eigenvalue weighted by Crippen LogP contribution is 2.23. The van der Waals surface area contributed by atoms with Crippen LogP contribution < -0.4 is 5.73 Å². The third kappa shape index (κ3) is 2.41. The maximum atomic E-state index is 13.1. The van der Waals surface area contributed by atoms with Crippen LogP contribution in [-0.4, -0.2) is 17.6 Å². The van der Waals surface area contributed by atoms with Crippen LogP contribution in [0.15, 0.2) is 6.07 Å². The molecule has 2 N–H and O–H groups in total. The van der Waals surface area contributed by atoms with E-state index in [2.05, 4.69) is 9.72 Å². The van der Waals surface area contributed by atoms with Crippen LogP contribution in [0.5, 0.6) is 0 Å². The van der Waals surface area contributed by atoms with E-state index in [9.17, 15) is 18.0 Å². The van der Waals surface area contributed by atoms with Crippen molar-refractivity contribution in [2.24, 2.45) is 0 Å². The summed E-state index contributed by atoms with van der Waals surface area (Å²) in [5.41, 5.74) is 3.81. The number of halogens is 3. The van der Waals surface area contributed by atoms with Gasteiger partial charge in [-0.3, -0.25) is 0 Å². The highest BCUT2D eigenvalue weighted by atomic mass is 19.3. The number of alkyl halides is 2. The van der Waals surface area contributed by atoms with E-state index in [4.69, 9.17) is 5.73 Å². The standard InChI is InChI=1S/C9H9F3N2O2/c1-2-16-9(15)4-3-5(10)6(7(11)12)14-8(4)13/h3,7H,2H2,1H3,(H2,13,14). The largest absolute Gasteiger partial charge is 0.462 e. The summed E-state index contributed by atoms with van der Waals surface area (Å²) in [4.78, 5) is 14.3. The summed E-state index contributed by atoms with van der Waals surface area (Å²) in [7, 11) is 0. The minimum atomic E-state index is -3.08. The van der Waals surface area contributed by atoms with Crippen LogP contribution in [-0.2, 0) is 4.74 Å². The Labute approximate surface area is 89.2 Å². The molecule has 1 heterocycles. The molecule has 0 atom stereocenters. The Kier molecular flexibility index (Phi) is 3.70. The molecule has 0 spiro atoms. The Morgan fingerprint density at radius 2 is 2.25 bits per heavy atom. The van der Waals surface area contributed by atoms with Gasteiger partial charge in [0.25, 0.3) is 6.43 Å². The monoisotopic (exact) mass is 234 g/mol. The van der Waals surface area contributed by atoms with Crippen molar-refractivity contribution in [3.63, 3.8) is 0 Å². The van der Waals surface area contributed by atoms with Crippen molar-refractivity contribution in [1.82, 2.24) is 4.98 Å². The summed E-state index contributed by atoms with van der Waals surface area (Å²) in [6.45, 7) is 1.61. The number of ether oxygens (including phenoxy) is 1. The minimum absolute atomic E-state index is 0.0660. The molecule has 1 rings (SSSR count). The van der Waals surface area contributed by atoms with Gasteiger partial charge in [0.15, 0.2) is 5.82 Å². The molecule has 0 saturated heterocycles. The highest BCUT2D eigenvalue weighted by Gasteiger charge is 2.21. The fraction of sp³-hybridized carbons (Fsp3) is 0.333. The second-order valence-electron chi connectivity index (χ2n) is 2.81. The summed E-state index contributed by atoms with van der Waals surface area (Å²) in [5.74, 6) is -2.66. The lowest BCUT2D eigenvalue weighted by Gasteiger charge is -2.07. The number of nitrogen functional groups attached to an aromatic ring is 1. The maximum absolute atomic E-state index is 13.1. The molecule has 4 nitrogen and oxygen atoms in total. The number of rotatable bonds is 3. The van der Waals surface area contributed by atoms with Crippen molar-refractivity contribution in [3.8, 4) is 0 Å². The minimum Gasteiger partial charge on any atom is -0.462 e. The number of hydrogen-bond acceptors (Lipinski definition) is 4. The van der Waals surface area contributed by atoms with E-state index in [-0.39, 0.29) is 12.2 Å². The van der Waals surface area contributed by atoms with E-state index >= 15 is 0 Å². The van der Waals surface area contributed by atoms with Crippen molar-refractivity contribution in [1.29, 1.82) is 0 Å². The molecule has 0 fully saturated rings. The average molecular weight is 234 g/mol.